The highest BCUT2D eigenvalue weighted by atomic mass is 79.9. The van der Waals surface area contributed by atoms with Crippen LogP contribution in [-0.4, -0.2) is 0 Å². The molecular formula is C10H7BrF3N. The minimum Gasteiger partial charge on any atom is -0.192 e. The van der Waals surface area contributed by atoms with Crippen LogP contribution in [0.4, 0.5) is 13.2 Å². The molecule has 0 N–H and O–H groups in total. The smallest absolute Gasteiger partial charge is 0.192 e. The van der Waals surface area contributed by atoms with Crippen molar-refractivity contribution in [3.05, 3.63) is 34.4 Å². The van der Waals surface area contributed by atoms with Crippen molar-refractivity contribution < 1.29 is 13.2 Å². The lowest BCUT2D eigenvalue weighted by Gasteiger charge is -2.11. The molecule has 0 aliphatic rings. The molecule has 80 valence electrons. The van der Waals surface area contributed by atoms with Crippen LogP contribution in [0.25, 0.3) is 0 Å². The number of benzene rings is 1. The molecule has 0 atom stereocenters. The Balaban J connectivity index is 3.41. The molecule has 0 spiro atoms. The molecule has 0 heterocycles. The highest BCUT2D eigenvalue weighted by Gasteiger charge is 2.31. The van der Waals surface area contributed by atoms with E-state index in [1.165, 1.54) is 0 Å². The monoisotopic (exact) mass is 277 g/mol. The van der Waals surface area contributed by atoms with Crippen molar-refractivity contribution >= 4 is 15.9 Å². The standard InChI is InChI=1S/C10H7BrF3N/c1-6-2-8(10(12,13)14)3-7(5-15)9(6)4-11/h2-3H,4H2,1H3. The SMILES string of the molecule is Cc1cc(C(F)(F)F)cc(C#N)c1CBr. The van der Waals surface area contributed by atoms with Gasteiger partial charge < -0.3 is 0 Å². The summed E-state index contributed by atoms with van der Waals surface area (Å²) >= 11 is 3.14. The zero-order chi connectivity index (χ0) is 11.6. The van der Waals surface area contributed by atoms with Gasteiger partial charge in [0.05, 0.1) is 17.2 Å². The topological polar surface area (TPSA) is 23.8 Å². The maximum Gasteiger partial charge on any atom is 0.416 e. The van der Waals surface area contributed by atoms with Crippen molar-refractivity contribution in [3.63, 3.8) is 0 Å². The number of halogens is 4. The van der Waals surface area contributed by atoms with E-state index in [0.29, 0.717) is 16.5 Å². The van der Waals surface area contributed by atoms with Crippen molar-refractivity contribution in [1.82, 2.24) is 0 Å². The number of alkyl halides is 4. The van der Waals surface area contributed by atoms with E-state index in [2.05, 4.69) is 15.9 Å². The van der Waals surface area contributed by atoms with E-state index in [1.54, 1.807) is 13.0 Å². The van der Waals surface area contributed by atoms with Crippen molar-refractivity contribution in [2.24, 2.45) is 0 Å². The summed E-state index contributed by atoms with van der Waals surface area (Å²) in [5, 5.41) is 9.10. The minimum atomic E-state index is -4.40. The molecule has 1 aromatic rings. The van der Waals surface area contributed by atoms with Gasteiger partial charge in [0.25, 0.3) is 0 Å². The van der Waals surface area contributed by atoms with Gasteiger partial charge in [-0.2, -0.15) is 18.4 Å². The third kappa shape index (κ3) is 2.51. The lowest BCUT2D eigenvalue weighted by atomic mass is 10.0. The lowest BCUT2D eigenvalue weighted by molar-refractivity contribution is -0.137. The fourth-order valence-corrected chi connectivity index (χ4v) is 2.00. The second kappa shape index (κ2) is 4.23. The second-order valence-corrected chi connectivity index (χ2v) is 3.62. The lowest BCUT2D eigenvalue weighted by Crippen LogP contribution is -2.07. The molecule has 0 saturated heterocycles. The van der Waals surface area contributed by atoms with Crippen LogP contribution in [0, 0.1) is 18.3 Å². The summed E-state index contributed by atoms with van der Waals surface area (Å²) in [5.41, 5.74) is 0.365. The molecule has 1 rings (SSSR count). The van der Waals surface area contributed by atoms with Crippen molar-refractivity contribution in [3.8, 4) is 6.07 Å². The Labute approximate surface area is 93.6 Å². The van der Waals surface area contributed by atoms with Gasteiger partial charge >= 0.3 is 6.18 Å². The maximum atomic E-state index is 12.4. The maximum absolute atomic E-state index is 12.4. The molecule has 15 heavy (non-hydrogen) atoms. The predicted molar refractivity (Wildman–Crippen MR) is 53.5 cm³/mol. The van der Waals surface area contributed by atoms with Crippen LogP contribution in [0.1, 0.15) is 22.3 Å². The van der Waals surface area contributed by atoms with Crippen LogP contribution >= 0.6 is 15.9 Å². The molecule has 0 saturated carbocycles. The molecule has 0 aromatic heterocycles. The van der Waals surface area contributed by atoms with Crippen molar-refractivity contribution in [2.75, 3.05) is 0 Å². The molecule has 0 amide bonds. The number of hydrogen-bond donors (Lipinski definition) is 0. The first-order chi connectivity index (χ1) is 6.90. The number of nitrogens with zero attached hydrogens (tertiary/aromatic N) is 1. The van der Waals surface area contributed by atoms with Gasteiger partial charge in [-0.05, 0) is 30.2 Å². The summed E-state index contributed by atoms with van der Waals surface area (Å²) in [6, 6.07) is 3.70. The summed E-state index contributed by atoms with van der Waals surface area (Å²) in [4.78, 5) is 0. The first-order valence-corrected chi connectivity index (χ1v) is 5.19. The van der Waals surface area contributed by atoms with Gasteiger partial charge in [-0.25, -0.2) is 0 Å². The number of hydrogen-bond acceptors (Lipinski definition) is 1. The summed E-state index contributed by atoms with van der Waals surface area (Å²) in [7, 11) is 0. The number of aryl methyl sites for hydroxylation is 1. The molecule has 0 aliphatic heterocycles. The van der Waals surface area contributed by atoms with Crippen LogP contribution in [0.2, 0.25) is 0 Å². The van der Waals surface area contributed by atoms with Crippen molar-refractivity contribution in [2.45, 2.75) is 18.4 Å². The van der Waals surface area contributed by atoms with Crippen LogP contribution in [0.3, 0.4) is 0 Å². The Hall–Kier alpha value is -1.02. The predicted octanol–water partition coefficient (Wildman–Crippen LogP) is 3.78. The third-order valence-corrected chi connectivity index (χ3v) is 2.62. The van der Waals surface area contributed by atoms with E-state index in [4.69, 9.17) is 5.26 Å². The van der Waals surface area contributed by atoms with E-state index in [1.807, 2.05) is 0 Å². The molecule has 1 nitrogen and oxygen atoms in total. The van der Waals surface area contributed by atoms with Gasteiger partial charge in [0.2, 0.25) is 0 Å². The Morgan fingerprint density at radius 1 is 1.40 bits per heavy atom. The molecule has 0 bridgehead atoms. The second-order valence-electron chi connectivity index (χ2n) is 3.06. The molecule has 0 aliphatic carbocycles. The largest absolute Gasteiger partial charge is 0.416 e. The van der Waals surface area contributed by atoms with E-state index >= 15 is 0 Å². The van der Waals surface area contributed by atoms with Crippen LogP contribution in [0.5, 0.6) is 0 Å². The molecule has 0 unspecified atom stereocenters. The Kier molecular flexibility index (Phi) is 3.40. The van der Waals surface area contributed by atoms with Gasteiger partial charge in [0, 0.05) is 5.33 Å². The Bertz CT molecular complexity index is 418. The first-order valence-electron chi connectivity index (χ1n) is 4.07. The van der Waals surface area contributed by atoms with Gasteiger partial charge in [0.1, 0.15) is 0 Å². The van der Waals surface area contributed by atoms with Gasteiger partial charge in [-0.3, -0.25) is 0 Å². The normalized spacial score (nSPS) is 11.2. The zero-order valence-electron chi connectivity index (χ0n) is 7.82. The number of rotatable bonds is 1. The molecule has 1 aromatic carbocycles. The highest BCUT2D eigenvalue weighted by Crippen LogP contribution is 2.32. The summed E-state index contributed by atoms with van der Waals surface area (Å²) in [6.45, 7) is 1.56. The summed E-state index contributed by atoms with van der Waals surface area (Å²) < 4.78 is 37.2. The van der Waals surface area contributed by atoms with E-state index < -0.39 is 11.7 Å². The molecule has 5 heteroatoms. The van der Waals surface area contributed by atoms with E-state index in [0.717, 1.165) is 12.1 Å². The van der Waals surface area contributed by atoms with Crippen LogP contribution in [-0.2, 0) is 11.5 Å². The van der Waals surface area contributed by atoms with Crippen LogP contribution in [0.15, 0.2) is 12.1 Å². The Morgan fingerprint density at radius 3 is 2.40 bits per heavy atom. The van der Waals surface area contributed by atoms with E-state index in [9.17, 15) is 13.2 Å². The van der Waals surface area contributed by atoms with Gasteiger partial charge in [-0.1, -0.05) is 15.9 Å². The summed E-state index contributed by atoms with van der Waals surface area (Å²) in [5.74, 6) is 0. The number of nitriles is 1. The van der Waals surface area contributed by atoms with Gasteiger partial charge in [-0.15, -0.1) is 0 Å². The molecule has 0 radical (unpaired) electrons. The zero-order valence-corrected chi connectivity index (χ0v) is 9.41. The van der Waals surface area contributed by atoms with Gasteiger partial charge in [0.15, 0.2) is 0 Å². The summed E-state index contributed by atoms with van der Waals surface area (Å²) in [6.07, 6.45) is -4.40. The Morgan fingerprint density at radius 2 is 2.00 bits per heavy atom. The van der Waals surface area contributed by atoms with E-state index in [-0.39, 0.29) is 5.56 Å². The quantitative estimate of drug-likeness (QED) is 0.717. The van der Waals surface area contributed by atoms with Crippen molar-refractivity contribution in [1.29, 1.82) is 5.26 Å². The average molecular weight is 278 g/mol. The fourth-order valence-electron chi connectivity index (χ4n) is 1.26. The molecule has 0 fully saturated rings. The molecular weight excluding hydrogens is 271 g/mol. The minimum absolute atomic E-state index is 0.0687. The fraction of sp³-hybridized carbons (Fsp3) is 0.300. The first kappa shape index (κ1) is 12.1. The highest BCUT2D eigenvalue weighted by molar-refractivity contribution is 9.08. The van der Waals surface area contributed by atoms with Crippen LogP contribution < -0.4 is 0 Å². The third-order valence-electron chi connectivity index (χ3n) is 2.05. The average Bonchev–Trinajstić information content (AvgIpc) is 2.15.